The lowest BCUT2D eigenvalue weighted by Crippen LogP contribution is -2.26. The summed E-state index contributed by atoms with van der Waals surface area (Å²) in [6.07, 6.45) is 1.30. The van der Waals surface area contributed by atoms with Gasteiger partial charge in [0.15, 0.2) is 5.69 Å². The Bertz CT molecular complexity index is 869. The second-order valence-electron chi connectivity index (χ2n) is 6.06. The maximum atomic E-state index is 13.6. The molecule has 0 radical (unpaired) electrons. The largest absolute Gasteiger partial charge is 0.368 e. The maximum absolute atomic E-state index is 13.6. The number of carbonyl (C=O) groups is 1. The average molecular weight is 364 g/mol. The van der Waals surface area contributed by atoms with Gasteiger partial charge in [0.1, 0.15) is 11.6 Å². The topological polar surface area (TPSA) is 66.9 Å². The van der Waals surface area contributed by atoms with Crippen LogP contribution in [0.15, 0.2) is 66.7 Å². The standard InChI is InChI=1S/C21H21FN4O/c22-18-9-5-4-8-17(18)13-15-23-20-11-10-19(25-26-20)21(27)24-14-12-16-6-2-1-3-7-16/h1-11H,12-15H2,(H,23,26)(H,24,27). The molecule has 2 N–H and O–H groups in total. The van der Waals surface area contributed by atoms with Gasteiger partial charge in [0.05, 0.1) is 0 Å². The molecule has 1 aromatic heterocycles. The van der Waals surface area contributed by atoms with E-state index < -0.39 is 0 Å². The lowest BCUT2D eigenvalue weighted by molar-refractivity contribution is 0.0948. The average Bonchev–Trinajstić information content (AvgIpc) is 2.71. The van der Waals surface area contributed by atoms with E-state index in [0.29, 0.717) is 30.9 Å². The van der Waals surface area contributed by atoms with E-state index in [2.05, 4.69) is 20.8 Å². The smallest absolute Gasteiger partial charge is 0.271 e. The number of nitrogens with one attached hydrogen (secondary N) is 2. The first-order valence-corrected chi connectivity index (χ1v) is 8.85. The normalized spacial score (nSPS) is 10.4. The molecule has 0 fully saturated rings. The first kappa shape index (κ1) is 18.5. The molecule has 0 unspecified atom stereocenters. The monoisotopic (exact) mass is 364 g/mol. The van der Waals surface area contributed by atoms with Crippen molar-refractivity contribution in [2.45, 2.75) is 12.8 Å². The van der Waals surface area contributed by atoms with E-state index >= 15 is 0 Å². The van der Waals surface area contributed by atoms with E-state index in [1.807, 2.05) is 36.4 Å². The van der Waals surface area contributed by atoms with E-state index in [9.17, 15) is 9.18 Å². The van der Waals surface area contributed by atoms with Crippen LogP contribution in [0.1, 0.15) is 21.6 Å². The SMILES string of the molecule is O=C(NCCc1ccccc1)c1ccc(NCCc2ccccc2F)nn1. The fourth-order valence-electron chi connectivity index (χ4n) is 2.63. The minimum Gasteiger partial charge on any atom is -0.368 e. The van der Waals surface area contributed by atoms with E-state index in [1.165, 1.54) is 11.6 Å². The van der Waals surface area contributed by atoms with Gasteiger partial charge in [0.2, 0.25) is 0 Å². The molecule has 0 aliphatic carbocycles. The molecule has 0 saturated carbocycles. The summed E-state index contributed by atoms with van der Waals surface area (Å²) in [5.41, 5.74) is 2.08. The Balaban J connectivity index is 1.43. The van der Waals surface area contributed by atoms with E-state index in [0.717, 1.165) is 6.42 Å². The lowest BCUT2D eigenvalue weighted by atomic mass is 10.1. The van der Waals surface area contributed by atoms with Gasteiger partial charge in [-0.05, 0) is 42.2 Å². The number of amides is 1. The molecule has 1 amide bonds. The van der Waals surface area contributed by atoms with Gasteiger partial charge in [-0.1, -0.05) is 48.5 Å². The molecule has 27 heavy (non-hydrogen) atoms. The van der Waals surface area contributed by atoms with Crippen LogP contribution in [-0.4, -0.2) is 29.2 Å². The molecular formula is C21H21FN4O. The van der Waals surface area contributed by atoms with Crippen LogP contribution in [-0.2, 0) is 12.8 Å². The van der Waals surface area contributed by atoms with Crippen LogP contribution in [0.25, 0.3) is 0 Å². The number of anilines is 1. The number of aromatic nitrogens is 2. The van der Waals surface area contributed by atoms with Crippen molar-refractivity contribution in [3.8, 4) is 0 Å². The quantitative estimate of drug-likeness (QED) is 0.644. The van der Waals surface area contributed by atoms with Crippen LogP contribution in [0.2, 0.25) is 0 Å². The molecule has 0 atom stereocenters. The second-order valence-corrected chi connectivity index (χ2v) is 6.06. The summed E-state index contributed by atoms with van der Waals surface area (Å²) in [5, 5.41) is 13.9. The molecule has 2 aromatic carbocycles. The third-order valence-electron chi connectivity index (χ3n) is 4.10. The van der Waals surface area contributed by atoms with Crippen molar-refractivity contribution in [3.63, 3.8) is 0 Å². The van der Waals surface area contributed by atoms with Crippen molar-refractivity contribution in [1.29, 1.82) is 0 Å². The summed E-state index contributed by atoms with van der Waals surface area (Å²) in [7, 11) is 0. The zero-order valence-corrected chi connectivity index (χ0v) is 14.9. The maximum Gasteiger partial charge on any atom is 0.271 e. The van der Waals surface area contributed by atoms with Gasteiger partial charge in [0, 0.05) is 13.1 Å². The van der Waals surface area contributed by atoms with E-state index in [1.54, 1.807) is 24.3 Å². The number of hydrogen-bond acceptors (Lipinski definition) is 4. The molecule has 138 valence electrons. The highest BCUT2D eigenvalue weighted by molar-refractivity contribution is 5.92. The molecule has 0 saturated heterocycles. The fourth-order valence-corrected chi connectivity index (χ4v) is 2.63. The summed E-state index contributed by atoms with van der Waals surface area (Å²) >= 11 is 0. The highest BCUT2D eigenvalue weighted by atomic mass is 19.1. The molecule has 0 aliphatic rings. The Hall–Kier alpha value is -3.28. The Kier molecular flexibility index (Phi) is 6.46. The van der Waals surface area contributed by atoms with Crippen molar-refractivity contribution >= 4 is 11.7 Å². The predicted octanol–water partition coefficient (Wildman–Crippen LogP) is 3.24. The Morgan fingerprint density at radius 3 is 2.37 bits per heavy atom. The second kappa shape index (κ2) is 9.43. The van der Waals surface area contributed by atoms with Crippen LogP contribution < -0.4 is 10.6 Å². The summed E-state index contributed by atoms with van der Waals surface area (Å²) in [6, 6.07) is 19.9. The van der Waals surface area contributed by atoms with Crippen molar-refractivity contribution < 1.29 is 9.18 Å². The minimum absolute atomic E-state index is 0.215. The fraction of sp³-hybridized carbons (Fsp3) is 0.190. The summed E-state index contributed by atoms with van der Waals surface area (Å²) in [5.74, 6) is 0.0800. The minimum atomic E-state index is -0.253. The third-order valence-corrected chi connectivity index (χ3v) is 4.10. The lowest BCUT2D eigenvalue weighted by Gasteiger charge is -2.07. The molecule has 3 rings (SSSR count). The number of halogens is 1. The Morgan fingerprint density at radius 2 is 1.63 bits per heavy atom. The molecule has 1 heterocycles. The Morgan fingerprint density at radius 1 is 0.852 bits per heavy atom. The Labute approximate surface area is 157 Å². The van der Waals surface area contributed by atoms with Crippen LogP contribution in [0, 0.1) is 5.82 Å². The summed E-state index contributed by atoms with van der Waals surface area (Å²) in [4.78, 5) is 12.1. The number of benzene rings is 2. The van der Waals surface area contributed by atoms with E-state index in [4.69, 9.17) is 0 Å². The first-order chi connectivity index (χ1) is 13.2. The van der Waals surface area contributed by atoms with Gasteiger partial charge in [-0.3, -0.25) is 4.79 Å². The van der Waals surface area contributed by atoms with E-state index in [-0.39, 0.29) is 17.4 Å². The van der Waals surface area contributed by atoms with Gasteiger partial charge < -0.3 is 10.6 Å². The zero-order chi connectivity index (χ0) is 18.9. The molecule has 0 aliphatic heterocycles. The van der Waals surface area contributed by atoms with Gasteiger partial charge in [0.25, 0.3) is 5.91 Å². The third kappa shape index (κ3) is 5.60. The van der Waals surface area contributed by atoms with Gasteiger partial charge >= 0.3 is 0 Å². The van der Waals surface area contributed by atoms with Crippen molar-refractivity contribution in [1.82, 2.24) is 15.5 Å². The summed E-state index contributed by atoms with van der Waals surface area (Å²) < 4.78 is 13.6. The zero-order valence-electron chi connectivity index (χ0n) is 14.9. The molecule has 6 heteroatoms. The van der Waals surface area contributed by atoms with Gasteiger partial charge in [-0.2, -0.15) is 0 Å². The first-order valence-electron chi connectivity index (χ1n) is 8.85. The highest BCUT2D eigenvalue weighted by Crippen LogP contribution is 2.08. The molecule has 3 aromatic rings. The number of nitrogens with zero attached hydrogens (tertiary/aromatic N) is 2. The molecule has 0 spiro atoms. The van der Waals surface area contributed by atoms with Gasteiger partial charge in [-0.15, -0.1) is 10.2 Å². The van der Waals surface area contributed by atoms with Crippen LogP contribution >= 0.6 is 0 Å². The molecular weight excluding hydrogens is 343 g/mol. The predicted molar refractivity (Wildman–Crippen MR) is 103 cm³/mol. The van der Waals surface area contributed by atoms with Crippen LogP contribution in [0.5, 0.6) is 0 Å². The van der Waals surface area contributed by atoms with Crippen LogP contribution in [0.3, 0.4) is 0 Å². The van der Waals surface area contributed by atoms with Crippen molar-refractivity contribution in [3.05, 3.63) is 89.4 Å². The number of carbonyl (C=O) groups excluding carboxylic acids is 1. The molecule has 0 bridgehead atoms. The number of rotatable bonds is 8. The summed E-state index contributed by atoms with van der Waals surface area (Å²) in [6.45, 7) is 1.06. The van der Waals surface area contributed by atoms with Crippen molar-refractivity contribution in [2.75, 3.05) is 18.4 Å². The number of hydrogen-bond donors (Lipinski definition) is 2. The van der Waals surface area contributed by atoms with Crippen molar-refractivity contribution in [2.24, 2.45) is 0 Å². The van der Waals surface area contributed by atoms with Gasteiger partial charge in [-0.25, -0.2) is 4.39 Å². The van der Waals surface area contributed by atoms with Crippen LogP contribution in [0.4, 0.5) is 10.2 Å². The molecule has 5 nitrogen and oxygen atoms in total. The highest BCUT2D eigenvalue weighted by Gasteiger charge is 2.08.